The lowest BCUT2D eigenvalue weighted by atomic mass is 9.92. The van der Waals surface area contributed by atoms with E-state index in [9.17, 15) is 9.90 Å². The van der Waals surface area contributed by atoms with Gasteiger partial charge in [0.25, 0.3) is 5.91 Å². The fourth-order valence-electron chi connectivity index (χ4n) is 2.43. The van der Waals surface area contributed by atoms with Gasteiger partial charge in [-0.1, -0.05) is 6.07 Å². The highest BCUT2D eigenvalue weighted by Crippen LogP contribution is 2.24. The molecule has 1 aromatic heterocycles. The van der Waals surface area contributed by atoms with Crippen LogP contribution < -0.4 is 10.5 Å². The highest BCUT2D eigenvalue weighted by atomic mass is 16.5. The monoisotopic (exact) mass is 265 g/mol. The van der Waals surface area contributed by atoms with Crippen LogP contribution in [0, 0.1) is 0 Å². The Bertz CT molecular complexity index is 466. The largest absolute Gasteiger partial charge is 0.481 e. The summed E-state index contributed by atoms with van der Waals surface area (Å²) in [5.74, 6) is -0.0916. The number of carbonyl (C=O) groups excluding carboxylic acids is 1. The van der Waals surface area contributed by atoms with Gasteiger partial charge in [0.2, 0.25) is 5.88 Å². The van der Waals surface area contributed by atoms with Gasteiger partial charge < -0.3 is 15.6 Å². The second-order valence-electron chi connectivity index (χ2n) is 4.88. The molecule has 1 aliphatic heterocycles. The Morgan fingerprint density at radius 3 is 3.16 bits per heavy atom. The van der Waals surface area contributed by atoms with E-state index in [0.717, 1.165) is 18.5 Å². The topological polar surface area (TPSA) is 88.7 Å². The maximum atomic E-state index is 11.3. The number of β-amino-alcohol motifs (C(OH)–C–C–N with tert-alkyl or cyclic N) is 1. The molecule has 1 unspecified atom stereocenters. The molecule has 104 valence electrons. The van der Waals surface area contributed by atoms with Crippen LogP contribution in [0.15, 0.2) is 18.3 Å². The maximum Gasteiger partial charge on any atom is 0.250 e. The SMILES string of the molecule is COc1ncccc1CN1CCCC(O)(C(N)=O)C1. The van der Waals surface area contributed by atoms with Gasteiger partial charge in [-0.3, -0.25) is 9.69 Å². The molecule has 1 fully saturated rings. The minimum Gasteiger partial charge on any atom is -0.481 e. The van der Waals surface area contributed by atoms with Crippen LogP contribution in [0.25, 0.3) is 0 Å². The summed E-state index contributed by atoms with van der Waals surface area (Å²) in [6.07, 6.45) is 2.82. The molecular weight excluding hydrogens is 246 g/mol. The summed E-state index contributed by atoms with van der Waals surface area (Å²) >= 11 is 0. The number of aromatic nitrogens is 1. The summed E-state index contributed by atoms with van der Waals surface area (Å²) in [6.45, 7) is 1.64. The molecule has 3 N–H and O–H groups in total. The molecule has 2 rings (SSSR count). The molecule has 2 heterocycles. The number of hydrogen-bond acceptors (Lipinski definition) is 5. The smallest absolute Gasteiger partial charge is 0.250 e. The van der Waals surface area contributed by atoms with Gasteiger partial charge >= 0.3 is 0 Å². The van der Waals surface area contributed by atoms with Crippen molar-refractivity contribution >= 4 is 5.91 Å². The molecule has 0 aromatic carbocycles. The molecule has 1 amide bonds. The van der Waals surface area contributed by atoms with E-state index in [-0.39, 0.29) is 6.54 Å². The fourth-order valence-corrected chi connectivity index (χ4v) is 2.43. The minimum atomic E-state index is -1.42. The predicted molar refractivity (Wildman–Crippen MR) is 69.4 cm³/mol. The first kappa shape index (κ1) is 13.8. The Morgan fingerprint density at radius 2 is 2.47 bits per heavy atom. The predicted octanol–water partition coefficient (Wildman–Crippen LogP) is -0.0976. The Labute approximate surface area is 112 Å². The second-order valence-corrected chi connectivity index (χ2v) is 4.88. The fraction of sp³-hybridized carbons (Fsp3) is 0.538. The number of rotatable bonds is 4. The van der Waals surface area contributed by atoms with Gasteiger partial charge in [-0.2, -0.15) is 0 Å². The minimum absolute atomic E-state index is 0.250. The van der Waals surface area contributed by atoms with Crippen LogP contribution in [0.1, 0.15) is 18.4 Å². The number of pyridine rings is 1. The zero-order chi connectivity index (χ0) is 13.9. The van der Waals surface area contributed by atoms with Crippen LogP contribution in [0.5, 0.6) is 5.88 Å². The molecule has 0 radical (unpaired) electrons. The average molecular weight is 265 g/mol. The first-order valence-corrected chi connectivity index (χ1v) is 6.28. The summed E-state index contributed by atoms with van der Waals surface area (Å²) in [5.41, 5.74) is 4.77. The van der Waals surface area contributed by atoms with Crippen molar-refractivity contribution < 1.29 is 14.6 Å². The lowest BCUT2D eigenvalue weighted by molar-refractivity contribution is -0.142. The highest BCUT2D eigenvalue weighted by Gasteiger charge is 2.38. The lowest BCUT2D eigenvalue weighted by Crippen LogP contribution is -2.55. The summed E-state index contributed by atoms with van der Waals surface area (Å²) in [6, 6.07) is 3.76. The number of likely N-dealkylation sites (tertiary alicyclic amines) is 1. The van der Waals surface area contributed by atoms with E-state index in [1.54, 1.807) is 13.3 Å². The third kappa shape index (κ3) is 3.02. The molecule has 1 atom stereocenters. The Balaban J connectivity index is 2.09. The van der Waals surface area contributed by atoms with Crippen molar-refractivity contribution in [2.24, 2.45) is 5.73 Å². The van der Waals surface area contributed by atoms with E-state index in [1.807, 2.05) is 17.0 Å². The van der Waals surface area contributed by atoms with Crippen LogP contribution in [-0.2, 0) is 11.3 Å². The quantitative estimate of drug-likeness (QED) is 0.793. The number of ether oxygens (including phenoxy) is 1. The van der Waals surface area contributed by atoms with E-state index >= 15 is 0 Å². The van der Waals surface area contributed by atoms with Crippen LogP contribution >= 0.6 is 0 Å². The van der Waals surface area contributed by atoms with Gasteiger partial charge in [0, 0.05) is 24.8 Å². The molecular formula is C13H19N3O3. The van der Waals surface area contributed by atoms with E-state index in [1.165, 1.54) is 0 Å². The normalized spacial score (nSPS) is 24.1. The molecule has 6 nitrogen and oxygen atoms in total. The average Bonchev–Trinajstić information content (AvgIpc) is 2.39. The van der Waals surface area contributed by atoms with Crippen LogP contribution in [0.3, 0.4) is 0 Å². The van der Waals surface area contributed by atoms with Gasteiger partial charge in [-0.25, -0.2) is 4.98 Å². The number of hydrogen-bond donors (Lipinski definition) is 2. The van der Waals surface area contributed by atoms with Gasteiger partial charge in [0.1, 0.15) is 0 Å². The third-order valence-corrected chi connectivity index (χ3v) is 3.45. The molecule has 1 aromatic rings. The number of aliphatic hydroxyl groups is 1. The molecule has 0 saturated carbocycles. The van der Waals surface area contributed by atoms with Crippen molar-refractivity contribution in [1.82, 2.24) is 9.88 Å². The van der Waals surface area contributed by atoms with Gasteiger partial charge in [0.15, 0.2) is 5.60 Å². The van der Waals surface area contributed by atoms with Gasteiger partial charge in [0.05, 0.1) is 7.11 Å². The molecule has 1 aliphatic rings. The number of amides is 1. The molecule has 19 heavy (non-hydrogen) atoms. The number of nitrogens with zero attached hydrogens (tertiary/aromatic N) is 2. The van der Waals surface area contributed by atoms with Crippen molar-refractivity contribution in [3.63, 3.8) is 0 Å². The first-order valence-electron chi connectivity index (χ1n) is 6.28. The molecule has 0 spiro atoms. The van der Waals surface area contributed by atoms with E-state index in [2.05, 4.69) is 4.98 Å². The molecule has 0 aliphatic carbocycles. The van der Waals surface area contributed by atoms with Crippen LogP contribution in [-0.4, -0.2) is 46.7 Å². The number of carbonyl (C=O) groups is 1. The molecule has 6 heteroatoms. The van der Waals surface area contributed by atoms with Gasteiger partial charge in [-0.05, 0) is 25.5 Å². The Morgan fingerprint density at radius 1 is 1.68 bits per heavy atom. The second kappa shape index (κ2) is 5.54. The summed E-state index contributed by atoms with van der Waals surface area (Å²) in [7, 11) is 1.57. The summed E-state index contributed by atoms with van der Waals surface area (Å²) < 4.78 is 5.19. The highest BCUT2D eigenvalue weighted by molar-refractivity contribution is 5.83. The lowest BCUT2D eigenvalue weighted by Gasteiger charge is -2.37. The van der Waals surface area contributed by atoms with Crippen LogP contribution in [0.2, 0.25) is 0 Å². The van der Waals surface area contributed by atoms with Crippen molar-refractivity contribution in [3.8, 4) is 5.88 Å². The van der Waals surface area contributed by atoms with E-state index in [4.69, 9.17) is 10.5 Å². The maximum absolute atomic E-state index is 11.3. The van der Waals surface area contributed by atoms with Crippen molar-refractivity contribution in [3.05, 3.63) is 23.9 Å². The summed E-state index contributed by atoms with van der Waals surface area (Å²) in [5, 5.41) is 10.2. The standard InChI is InChI=1S/C13H19N3O3/c1-19-11-10(4-2-6-15-11)8-16-7-3-5-13(18,9-16)12(14)17/h2,4,6,18H,3,5,7-9H2,1H3,(H2,14,17). The number of methoxy groups -OCH3 is 1. The first-order chi connectivity index (χ1) is 9.05. The zero-order valence-corrected chi connectivity index (χ0v) is 11.0. The van der Waals surface area contributed by atoms with E-state index < -0.39 is 11.5 Å². The van der Waals surface area contributed by atoms with Crippen LogP contribution in [0.4, 0.5) is 0 Å². The Kier molecular flexibility index (Phi) is 4.01. The van der Waals surface area contributed by atoms with Crippen molar-refractivity contribution in [1.29, 1.82) is 0 Å². The van der Waals surface area contributed by atoms with Crippen molar-refractivity contribution in [2.45, 2.75) is 25.0 Å². The third-order valence-electron chi connectivity index (χ3n) is 3.45. The number of nitrogens with two attached hydrogens (primary N) is 1. The summed E-state index contributed by atoms with van der Waals surface area (Å²) in [4.78, 5) is 17.4. The van der Waals surface area contributed by atoms with Crippen molar-refractivity contribution in [2.75, 3.05) is 20.2 Å². The zero-order valence-electron chi connectivity index (χ0n) is 11.0. The number of primary amides is 1. The molecule has 1 saturated heterocycles. The Hall–Kier alpha value is -1.66. The number of piperidine rings is 1. The molecule has 0 bridgehead atoms. The van der Waals surface area contributed by atoms with Gasteiger partial charge in [-0.15, -0.1) is 0 Å². The van der Waals surface area contributed by atoms with E-state index in [0.29, 0.717) is 18.8 Å².